The first-order valence-corrected chi connectivity index (χ1v) is 10.6. The van der Waals surface area contributed by atoms with E-state index in [1.54, 1.807) is 17.5 Å². The van der Waals surface area contributed by atoms with E-state index in [0.717, 1.165) is 30.2 Å². The highest BCUT2D eigenvalue weighted by Crippen LogP contribution is 2.22. The molecule has 0 aliphatic carbocycles. The fourth-order valence-corrected chi connectivity index (χ4v) is 4.20. The Hall–Kier alpha value is -2.87. The molecule has 0 N–H and O–H groups in total. The first-order chi connectivity index (χ1) is 14.3. The van der Waals surface area contributed by atoms with Crippen LogP contribution in [0.1, 0.15) is 4.88 Å². The van der Waals surface area contributed by atoms with E-state index in [4.69, 9.17) is 17.3 Å². The molecule has 4 aromatic rings. The molecule has 0 aliphatic heterocycles. The van der Waals surface area contributed by atoms with Crippen LogP contribution in [0, 0.1) is 4.77 Å². The van der Waals surface area contributed by atoms with Crippen LogP contribution < -0.4 is 0 Å². The van der Waals surface area contributed by atoms with Crippen molar-refractivity contribution in [2.75, 3.05) is 6.54 Å². The monoisotopic (exact) mass is 419 g/mol. The second-order valence-corrected chi connectivity index (χ2v) is 7.94. The Morgan fingerprint density at radius 2 is 1.97 bits per heavy atom. The van der Waals surface area contributed by atoms with Crippen LogP contribution in [-0.2, 0) is 13.2 Å². The molecule has 0 aliphatic rings. The predicted octanol–water partition coefficient (Wildman–Crippen LogP) is 5.17. The topological polar surface area (TPSA) is 38.9 Å². The van der Waals surface area contributed by atoms with Gasteiger partial charge in [-0.3, -0.25) is 14.5 Å². The summed E-state index contributed by atoms with van der Waals surface area (Å²) in [6.07, 6.45) is 5.48. The fourth-order valence-electron chi connectivity index (χ4n) is 3.16. The lowest BCUT2D eigenvalue weighted by atomic mass is 10.2. The van der Waals surface area contributed by atoms with Gasteiger partial charge in [0.2, 0.25) is 4.77 Å². The molecule has 0 unspecified atom stereocenters. The smallest absolute Gasteiger partial charge is 0.204 e. The summed E-state index contributed by atoms with van der Waals surface area (Å²) < 4.78 is 4.53. The Bertz CT molecular complexity index is 1120. The van der Waals surface area contributed by atoms with Crippen molar-refractivity contribution in [2.45, 2.75) is 13.2 Å². The van der Waals surface area contributed by atoms with Gasteiger partial charge < -0.3 is 0 Å². The predicted molar refractivity (Wildman–Crippen MR) is 121 cm³/mol. The summed E-state index contributed by atoms with van der Waals surface area (Å²) in [5.41, 5.74) is 1.91. The number of pyridine rings is 1. The molecular weight excluding hydrogens is 398 g/mol. The SMILES string of the molecule is C=CCN(Cc1cccs1)Cn1nc(-c2cccnc2)n(-c2ccccc2)c1=S. The van der Waals surface area contributed by atoms with Gasteiger partial charge in [-0.15, -0.1) is 23.0 Å². The number of nitrogens with zero attached hydrogens (tertiary/aromatic N) is 5. The van der Waals surface area contributed by atoms with Crippen molar-refractivity contribution in [1.82, 2.24) is 24.2 Å². The number of hydrogen-bond donors (Lipinski definition) is 0. The molecular formula is C22H21N5S2. The number of hydrogen-bond acceptors (Lipinski definition) is 5. The van der Waals surface area contributed by atoms with E-state index in [2.05, 4.69) is 34.0 Å². The Morgan fingerprint density at radius 3 is 2.66 bits per heavy atom. The van der Waals surface area contributed by atoms with Gasteiger partial charge in [0, 0.05) is 41.6 Å². The molecule has 0 amide bonds. The van der Waals surface area contributed by atoms with Crippen molar-refractivity contribution in [3.63, 3.8) is 0 Å². The third kappa shape index (κ3) is 4.42. The van der Waals surface area contributed by atoms with Crippen LogP contribution in [0.4, 0.5) is 0 Å². The van der Waals surface area contributed by atoms with E-state index >= 15 is 0 Å². The zero-order valence-corrected chi connectivity index (χ0v) is 17.5. The molecule has 3 aromatic heterocycles. The Labute approximate surface area is 179 Å². The average molecular weight is 420 g/mol. The minimum atomic E-state index is 0.579. The lowest BCUT2D eigenvalue weighted by Crippen LogP contribution is -2.26. The van der Waals surface area contributed by atoms with Crippen molar-refractivity contribution in [2.24, 2.45) is 0 Å². The average Bonchev–Trinajstić information content (AvgIpc) is 3.38. The zero-order chi connectivity index (χ0) is 20.1. The van der Waals surface area contributed by atoms with E-state index in [1.807, 2.05) is 64.0 Å². The summed E-state index contributed by atoms with van der Waals surface area (Å²) >= 11 is 7.59. The molecule has 5 nitrogen and oxygen atoms in total. The highest BCUT2D eigenvalue weighted by Gasteiger charge is 2.16. The van der Waals surface area contributed by atoms with Crippen LogP contribution in [0.3, 0.4) is 0 Å². The molecule has 0 atom stereocenters. The Morgan fingerprint density at radius 1 is 1.10 bits per heavy atom. The van der Waals surface area contributed by atoms with E-state index in [9.17, 15) is 0 Å². The van der Waals surface area contributed by atoms with Gasteiger partial charge >= 0.3 is 0 Å². The van der Waals surface area contributed by atoms with Crippen LogP contribution in [-0.4, -0.2) is 30.8 Å². The highest BCUT2D eigenvalue weighted by atomic mass is 32.1. The summed E-state index contributed by atoms with van der Waals surface area (Å²) in [6, 6.07) is 18.2. The number of rotatable bonds is 8. The molecule has 4 rings (SSSR count). The van der Waals surface area contributed by atoms with Gasteiger partial charge in [0.25, 0.3) is 0 Å². The maximum Gasteiger partial charge on any atom is 0.204 e. The second-order valence-electron chi connectivity index (χ2n) is 6.54. The quantitative estimate of drug-likeness (QED) is 0.292. The Kier molecular flexibility index (Phi) is 6.09. The van der Waals surface area contributed by atoms with Crippen molar-refractivity contribution in [3.05, 3.63) is 94.7 Å². The van der Waals surface area contributed by atoms with Gasteiger partial charge in [0.15, 0.2) is 5.82 Å². The summed E-state index contributed by atoms with van der Waals surface area (Å²) in [5, 5.41) is 6.97. The molecule has 3 heterocycles. The van der Waals surface area contributed by atoms with Gasteiger partial charge in [-0.2, -0.15) is 0 Å². The maximum absolute atomic E-state index is 5.84. The largest absolute Gasteiger partial charge is 0.275 e. The van der Waals surface area contributed by atoms with Crippen molar-refractivity contribution in [3.8, 4) is 17.1 Å². The molecule has 0 radical (unpaired) electrons. The molecule has 0 bridgehead atoms. The summed E-state index contributed by atoms with van der Waals surface area (Å²) in [5.74, 6) is 0.781. The van der Waals surface area contributed by atoms with Gasteiger partial charge in [0.05, 0.1) is 6.67 Å². The third-order valence-electron chi connectivity index (χ3n) is 4.45. The van der Waals surface area contributed by atoms with Gasteiger partial charge in [-0.1, -0.05) is 30.3 Å². The fraction of sp³-hybridized carbons (Fsp3) is 0.136. The number of para-hydroxylation sites is 1. The molecule has 0 saturated heterocycles. The lowest BCUT2D eigenvalue weighted by molar-refractivity contribution is 0.220. The van der Waals surface area contributed by atoms with E-state index < -0.39 is 0 Å². The normalized spacial score (nSPS) is 11.1. The molecule has 29 heavy (non-hydrogen) atoms. The minimum absolute atomic E-state index is 0.579. The molecule has 0 fully saturated rings. The molecule has 0 saturated carbocycles. The van der Waals surface area contributed by atoms with Gasteiger partial charge in [-0.25, -0.2) is 4.68 Å². The third-order valence-corrected chi connectivity index (χ3v) is 5.71. The van der Waals surface area contributed by atoms with E-state index in [-0.39, 0.29) is 0 Å². The molecule has 1 aromatic carbocycles. The molecule has 7 heteroatoms. The van der Waals surface area contributed by atoms with Gasteiger partial charge in [0.1, 0.15) is 0 Å². The summed E-state index contributed by atoms with van der Waals surface area (Å²) in [6.45, 7) is 6.06. The van der Waals surface area contributed by atoms with Crippen LogP contribution in [0.5, 0.6) is 0 Å². The molecule has 0 spiro atoms. The number of thiophene rings is 1. The highest BCUT2D eigenvalue weighted by molar-refractivity contribution is 7.71. The minimum Gasteiger partial charge on any atom is -0.275 e. The number of benzene rings is 1. The maximum atomic E-state index is 5.84. The first kappa shape index (κ1) is 19.4. The molecule has 146 valence electrons. The number of aromatic nitrogens is 4. The second kappa shape index (κ2) is 9.09. The van der Waals surface area contributed by atoms with Crippen molar-refractivity contribution >= 4 is 23.6 Å². The van der Waals surface area contributed by atoms with Crippen LogP contribution >= 0.6 is 23.6 Å². The zero-order valence-electron chi connectivity index (χ0n) is 15.9. The Balaban J connectivity index is 1.75. The van der Waals surface area contributed by atoms with Crippen LogP contribution in [0.25, 0.3) is 17.1 Å². The summed E-state index contributed by atoms with van der Waals surface area (Å²) in [4.78, 5) is 7.82. The van der Waals surface area contributed by atoms with Crippen molar-refractivity contribution < 1.29 is 0 Å². The lowest BCUT2D eigenvalue weighted by Gasteiger charge is -2.19. The van der Waals surface area contributed by atoms with Gasteiger partial charge in [-0.05, 0) is 47.9 Å². The first-order valence-electron chi connectivity index (χ1n) is 9.27. The van der Waals surface area contributed by atoms with Crippen LogP contribution in [0.15, 0.2) is 85.0 Å². The van der Waals surface area contributed by atoms with E-state index in [0.29, 0.717) is 11.4 Å². The van der Waals surface area contributed by atoms with Crippen LogP contribution in [0.2, 0.25) is 0 Å². The van der Waals surface area contributed by atoms with Crippen molar-refractivity contribution in [1.29, 1.82) is 0 Å². The summed E-state index contributed by atoms with van der Waals surface area (Å²) in [7, 11) is 0. The standard InChI is InChI=1S/C22H21N5S2/c1-2-13-25(16-20-11-7-14-29-20)17-26-22(28)27(19-9-4-3-5-10-19)21(24-26)18-8-6-12-23-15-18/h2-12,14-15H,1,13,16-17H2. The van der Waals surface area contributed by atoms with E-state index in [1.165, 1.54) is 4.88 Å².